The third kappa shape index (κ3) is 5.17. The third-order valence-corrected chi connectivity index (χ3v) is 11.2. The molecule has 3 aromatic carbocycles. The van der Waals surface area contributed by atoms with Crippen molar-refractivity contribution in [1.82, 2.24) is 28.9 Å². The average molecular weight is 599 g/mol. The largest absolute Gasteiger partial charge is 0.339 e. The number of amides is 1. The van der Waals surface area contributed by atoms with Gasteiger partial charge in [-0.1, -0.05) is 42.5 Å². The number of carbonyl (C=O) groups excluding carboxylic acids is 1. The first-order chi connectivity index (χ1) is 22.1. The molecular weight excluding hydrogens is 556 g/mol. The standard InChI is InChI=1S/C38H42N6O/c1-28-40-35-9-5-6-10-36(35)44(28)34-25-32-15-16-33(26-34)43(32)23-19-38(30-7-3-2-4-8-30)17-21-41(22-18-38)37(45)29-11-13-31(14-12-29)42-24-20-39-27-42/h2-14,20,24,27,32-34H,15-19,21-23,25-26H2,1H3/t32-,33+,34+. The molecule has 45 heavy (non-hydrogen) atoms. The fourth-order valence-corrected chi connectivity index (χ4v) is 8.77. The summed E-state index contributed by atoms with van der Waals surface area (Å²) < 4.78 is 4.49. The summed E-state index contributed by atoms with van der Waals surface area (Å²) in [4.78, 5) is 27.5. The lowest BCUT2D eigenvalue weighted by Crippen LogP contribution is -2.49. The molecule has 3 aliphatic rings. The summed E-state index contributed by atoms with van der Waals surface area (Å²) in [6.45, 7) is 4.88. The maximum absolute atomic E-state index is 13.6. The fourth-order valence-electron chi connectivity index (χ4n) is 8.77. The van der Waals surface area contributed by atoms with Gasteiger partial charge in [0.1, 0.15) is 5.82 Å². The fraction of sp³-hybridized carbons (Fsp3) is 0.395. The van der Waals surface area contributed by atoms with Crippen molar-refractivity contribution in [3.05, 3.63) is 115 Å². The Bertz CT molecular complexity index is 1750. The zero-order valence-corrected chi connectivity index (χ0v) is 26.1. The molecule has 0 aliphatic carbocycles. The first-order valence-corrected chi connectivity index (χ1v) is 16.7. The minimum absolute atomic E-state index is 0.0940. The van der Waals surface area contributed by atoms with Gasteiger partial charge in [-0.05, 0) is 106 Å². The lowest BCUT2D eigenvalue weighted by Gasteiger charge is -2.45. The lowest BCUT2D eigenvalue weighted by atomic mass is 9.70. The van der Waals surface area contributed by atoms with E-state index in [4.69, 9.17) is 4.98 Å². The number of piperidine rings is 2. The van der Waals surface area contributed by atoms with Gasteiger partial charge in [-0.2, -0.15) is 0 Å². The predicted octanol–water partition coefficient (Wildman–Crippen LogP) is 6.96. The molecule has 0 radical (unpaired) electrons. The monoisotopic (exact) mass is 598 g/mol. The maximum atomic E-state index is 13.6. The quantitative estimate of drug-likeness (QED) is 0.203. The van der Waals surface area contributed by atoms with E-state index in [0.717, 1.165) is 61.5 Å². The highest BCUT2D eigenvalue weighted by Gasteiger charge is 2.44. The Labute approximate surface area is 265 Å². The van der Waals surface area contributed by atoms with Crippen LogP contribution in [0.25, 0.3) is 16.7 Å². The van der Waals surface area contributed by atoms with Crippen LogP contribution >= 0.6 is 0 Å². The first kappa shape index (κ1) is 28.3. The van der Waals surface area contributed by atoms with Crippen LogP contribution in [0.3, 0.4) is 0 Å². The Kier molecular flexibility index (Phi) is 7.29. The van der Waals surface area contributed by atoms with Crippen LogP contribution in [0.4, 0.5) is 0 Å². The Morgan fingerprint density at radius 2 is 1.58 bits per heavy atom. The summed E-state index contributed by atoms with van der Waals surface area (Å²) in [6, 6.07) is 29.4. The van der Waals surface area contributed by atoms with Gasteiger partial charge in [0.25, 0.3) is 5.91 Å². The van der Waals surface area contributed by atoms with Gasteiger partial charge in [-0.3, -0.25) is 9.69 Å². The van der Waals surface area contributed by atoms with Crippen LogP contribution in [0.2, 0.25) is 0 Å². The number of likely N-dealkylation sites (tertiary alicyclic amines) is 1. The van der Waals surface area contributed by atoms with E-state index in [0.29, 0.717) is 18.1 Å². The second kappa shape index (κ2) is 11.6. The van der Waals surface area contributed by atoms with E-state index in [1.54, 1.807) is 12.5 Å². The second-order valence-corrected chi connectivity index (χ2v) is 13.5. The summed E-state index contributed by atoms with van der Waals surface area (Å²) >= 11 is 0. The molecule has 7 nitrogen and oxygen atoms in total. The van der Waals surface area contributed by atoms with Crippen molar-refractivity contribution >= 4 is 16.9 Å². The zero-order chi connectivity index (χ0) is 30.4. The van der Waals surface area contributed by atoms with E-state index in [1.807, 2.05) is 35.0 Å². The van der Waals surface area contributed by atoms with Crippen molar-refractivity contribution in [3.8, 4) is 5.69 Å². The number of para-hydroxylation sites is 2. The molecule has 3 saturated heterocycles. The van der Waals surface area contributed by atoms with Crippen molar-refractivity contribution < 1.29 is 4.79 Å². The van der Waals surface area contributed by atoms with Gasteiger partial charge in [0, 0.05) is 54.9 Å². The van der Waals surface area contributed by atoms with Crippen LogP contribution in [-0.4, -0.2) is 66.5 Å². The number of aryl methyl sites for hydroxylation is 1. The van der Waals surface area contributed by atoms with Crippen LogP contribution in [0.1, 0.15) is 72.7 Å². The third-order valence-electron chi connectivity index (χ3n) is 11.2. The van der Waals surface area contributed by atoms with Crippen LogP contribution in [0, 0.1) is 6.92 Å². The molecule has 3 fully saturated rings. The molecule has 2 bridgehead atoms. The minimum atomic E-state index is 0.0940. The van der Waals surface area contributed by atoms with Crippen LogP contribution in [0.5, 0.6) is 0 Å². The molecule has 3 aliphatic heterocycles. The van der Waals surface area contributed by atoms with Gasteiger partial charge in [0.05, 0.1) is 17.4 Å². The molecule has 0 spiro atoms. The van der Waals surface area contributed by atoms with Crippen molar-refractivity contribution in [3.63, 3.8) is 0 Å². The highest BCUT2D eigenvalue weighted by atomic mass is 16.2. The maximum Gasteiger partial charge on any atom is 0.253 e. The van der Waals surface area contributed by atoms with Gasteiger partial charge in [-0.15, -0.1) is 0 Å². The number of fused-ring (bicyclic) bond motifs is 3. The lowest BCUT2D eigenvalue weighted by molar-refractivity contribution is 0.0607. The summed E-state index contributed by atoms with van der Waals surface area (Å²) in [6.07, 6.45) is 13.6. The average Bonchev–Trinajstić information content (AvgIpc) is 3.80. The molecule has 0 unspecified atom stereocenters. The number of nitrogens with zero attached hydrogens (tertiary/aromatic N) is 6. The normalized spacial score (nSPS) is 23.0. The van der Waals surface area contributed by atoms with Gasteiger partial charge in [-0.25, -0.2) is 9.97 Å². The molecule has 0 saturated carbocycles. The zero-order valence-electron chi connectivity index (χ0n) is 26.1. The molecule has 8 rings (SSSR count). The first-order valence-electron chi connectivity index (χ1n) is 16.7. The molecule has 230 valence electrons. The predicted molar refractivity (Wildman–Crippen MR) is 178 cm³/mol. The van der Waals surface area contributed by atoms with Gasteiger partial charge >= 0.3 is 0 Å². The Morgan fingerprint density at radius 3 is 2.29 bits per heavy atom. The highest BCUT2D eigenvalue weighted by Crippen LogP contribution is 2.45. The van der Waals surface area contributed by atoms with E-state index in [1.165, 1.54) is 36.8 Å². The summed E-state index contributed by atoms with van der Waals surface area (Å²) in [5, 5.41) is 0. The molecule has 0 N–H and O–H groups in total. The van der Waals surface area contributed by atoms with Crippen LogP contribution < -0.4 is 0 Å². The molecule has 1 amide bonds. The number of rotatable bonds is 7. The van der Waals surface area contributed by atoms with E-state index < -0.39 is 0 Å². The summed E-state index contributed by atoms with van der Waals surface area (Å²) in [7, 11) is 0. The molecule has 7 heteroatoms. The molecule has 5 aromatic rings. The van der Waals surface area contributed by atoms with Crippen molar-refractivity contribution in [2.45, 2.75) is 75.4 Å². The minimum Gasteiger partial charge on any atom is -0.339 e. The van der Waals surface area contributed by atoms with Crippen molar-refractivity contribution in [2.75, 3.05) is 19.6 Å². The smallest absolute Gasteiger partial charge is 0.253 e. The van der Waals surface area contributed by atoms with E-state index in [2.05, 4.69) is 80.9 Å². The number of benzene rings is 3. The number of imidazole rings is 2. The van der Waals surface area contributed by atoms with Gasteiger partial charge in [0.15, 0.2) is 0 Å². The van der Waals surface area contributed by atoms with Crippen LogP contribution in [0.15, 0.2) is 97.6 Å². The summed E-state index contributed by atoms with van der Waals surface area (Å²) in [5.74, 6) is 1.28. The SMILES string of the molecule is Cc1nc2ccccc2n1[C@H]1C[C@H]2CC[C@@H](C1)N2CCC1(c2ccccc2)CCN(C(=O)c2ccc(-n3ccnc3)cc2)CC1. The number of hydrogen-bond acceptors (Lipinski definition) is 4. The van der Waals surface area contributed by atoms with Crippen LogP contribution in [-0.2, 0) is 5.41 Å². The van der Waals surface area contributed by atoms with Crippen molar-refractivity contribution in [1.29, 1.82) is 0 Å². The molecule has 2 aromatic heterocycles. The number of carbonyl (C=O) groups is 1. The number of aromatic nitrogens is 4. The summed E-state index contributed by atoms with van der Waals surface area (Å²) in [5.41, 5.74) is 5.70. The van der Waals surface area contributed by atoms with E-state index >= 15 is 0 Å². The van der Waals surface area contributed by atoms with E-state index in [-0.39, 0.29) is 11.3 Å². The Balaban J connectivity index is 0.957. The molecule has 5 heterocycles. The van der Waals surface area contributed by atoms with Gasteiger partial charge in [0.2, 0.25) is 0 Å². The van der Waals surface area contributed by atoms with Crippen molar-refractivity contribution in [2.24, 2.45) is 0 Å². The Hall–Kier alpha value is -4.23. The van der Waals surface area contributed by atoms with Gasteiger partial charge < -0.3 is 14.0 Å². The topological polar surface area (TPSA) is 59.2 Å². The Morgan fingerprint density at radius 1 is 0.867 bits per heavy atom. The van der Waals surface area contributed by atoms with E-state index in [9.17, 15) is 4.79 Å². The highest BCUT2D eigenvalue weighted by molar-refractivity contribution is 5.94. The molecular formula is C38H42N6O. The number of hydrogen-bond donors (Lipinski definition) is 0. The molecule has 3 atom stereocenters. The second-order valence-electron chi connectivity index (χ2n) is 13.5.